The van der Waals surface area contributed by atoms with E-state index in [-0.39, 0.29) is 12.3 Å². The summed E-state index contributed by atoms with van der Waals surface area (Å²) in [6, 6.07) is 5.00. The summed E-state index contributed by atoms with van der Waals surface area (Å²) in [5.41, 5.74) is 2.83. The first kappa shape index (κ1) is 17.4. The fourth-order valence-electron chi connectivity index (χ4n) is 3.18. The average molecular weight is 320 g/mol. The quantitative estimate of drug-likeness (QED) is 0.547. The van der Waals surface area contributed by atoms with Crippen LogP contribution in [0.5, 0.6) is 0 Å². The first-order chi connectivity index (χ1) is 10.8. The molecule has 3 N–H and O–H groups in total. The predicted octanol–water partition coefficient (Wildman–Crippen LogP) is -2.84. The number of carboxylic acids is 1. The van der Waals surface area contributed by atoms with Crippen molar-refractivity contribution in [1.29, 1.82) is 0 Å². The zero-order valence-corrected chi connectivity index (χ0v) is 14.1. The van der Waals surface area contributed by atoms with Gasteiger partial charge in [0.25, 0.3) is 0 Å². The first-order valence-electron chi connectivity index (χ1n) is 8.10. The van der Waals surface area contributed by atoms with E-state index in [0.717, 1.165) is 42.2 Å². The fourth-order valence-corrected chi connectivity index (χ4v) is 3.18. The van der Waals surface area contributed by atoms with Crippen LogP contribution in [0.15, 0.2) is 18.2 Å². The van der Waals surface area contributed by atoms with Gasteiger partial charge in [0.2, 0.25) is 5.91 Å². The number of anilines is 1. The lowest BCUT2D eigenvalue weighted by Crippen LogP contribution is -3.29. The van der Waals surface area contributed by atoms with Crippen LogP contribution in [0.25, 0.3) is 0 Å². The van der Waals surface area contributed by atoms with E-state index in [1.54, 1.807) is 0 Å². The Kier molecular flexibility index (Phi) is 5.74. The fraction of sp³-hybridized carbons (Fsp3) is 0.529. The number of nitrogens with one attached hydrogen (secondary N) is 3. The molecule has 0 spiro atoms. The molecule has 0 bridgehead atoms. The summed E-state index contributed by atoms with van der Waals surface area (Å²) in [6.07, 6.45) is -0.0519. The number of quaternary nitrogens is 2. The second-order valence-corrected chi connectivity index (χ2v) is 6.62. The Bertz CT molecular complexity index is 560. The number of benzene rings is 1. The first-order valence-corrected chi connectivity index (χ1v) is 8.10. The van der Waals surface area contributed by atoms with Gasteiger partial charge in [-0.3, -0.25) is 4.79 Å². The number of hydrogen-bond donors (Lipinski definition) is 3. The molecule has 6 heteroatoms. The van der Waals surface area contributed by atoms with Crippen LogP contribution in [0.2, 0.25) is 0 Å². The molecule has 126 valence electrons. The Morgan fingerprint density at radius 1 is 1.13 bits per heavy atom. The number of carboxylic acid groups (broad SMARTS) is 1. The molecule has 0 unspecified atom stereocenters. The molecular weight excluding hydrogens is 294 g/mol. The molecular formula is C17H26N3O3+. The van der Waals surface area contributed by atoms with Gasteiger partial charge in [0.15, 0.2) is 0 Å². The minimum absolute atomic E-state index is 0.0519. The molecule has 1 atom stereocenters. The maximum absolute atomic E-state index is 12.2. The molecule has 1 fully saturated rings. The Hall–Kier alpha value is -1.92. The minimum atomic E-state index is -1.14. The number of rotatable bonds is 5. The third-order valence-corrected chi connectivity index (χ3v) is 4.42. The molecule has 23 heavy (non-hydrogen) atoms. The van der Waals surface area contributed by atoms with E-state index < -0.39 is 12.0 Å². The molecule has 1 saturated heterocycles. The molecule has 0 radical (unpaired) electrons. The lowest BCUT2D eigenvalue weighted by Gasteiger charge is -2.33. The van der Waals surface area contributed by atoms with Gasteiger partial charge in [-0.25, -0.2) is 0 Å². The average Bonchev–Trinajstić information content (AvgIpc) is 2.44. The maximum atomic E-state index is 12.2. The van der Waals surface area contributed by atoms with Crippen LogP contribution >= 0.6 is 0 Å². The molecule has 1 aromatic carbocycles. The number of likely N-dealkylation sites (N-methyl/N-ethyl adjacent to an activating group) is 1. The van der Waals surface area contributed by atoms with E-state index in [1.807, 2.05) is 32.0 Å². The highest BCUT2D eigenvalue weighted by Gasteiger charge is 2.30. The highest BCUT2D eigenvalue weighted by molar-refractivity contribution is 5.93. The summed E-state index contributed by atoms with van der Waals surface area (Å²) in [7, 11) is 2.09. The van der Waals surface area contributed by atoms with E-state index >= 15 is 0 Å². The zero-order chi connectivity index (χ0) is 17.0. The normalized spacial score (nSPS) is 22.4. The van der Waals surface area contributed by atoms with Crippen LogP contribution in [0.1, 0.15) is 17.5 Å². The smallest absolute Gasteiger partial charge is 0.230 e. The number of carbonyl (C=O) groups excluding carboxylic acids is 2. The molecule has 0 aromatic heterocycles. The summed E-state index contributed by atoms with van der Waals surface area (Å²) >= 11 is 0. The van der Waals surface area contributed by atoms with Crippen molar-refractivity contribution in [2.24, 2.45) is 0 Å². The van der Waals surface area contributed by atoms with Crippen molar-refractivity contribution in [3.8, 4) is 0 Å². The molecule has 1 heterocycles. The lowest BCUT2D eigenvalue weighted by atomic mass is 10.1. The number of aryl methyl sites for hydroxylation is 2. The van der Waals surface area contributed by atoms with Crippen molar-refractivity contribution in [3.63, 3.8) is 0 Å². The number of carbonyl (C=O) groups is 2. The maximum Gasteiger partial charge on any atom is 0.230 e. The van der Waals surface area contributed by atoms with Crippen LogP contribution in [0.3, 0.4) is 0 Å². The topological polar surface area (TPSA) is 78.1 Å². The van der Waals surface area contributed by atoms with Gasteiger partial charge in [0.1, 0.15) is 32.2 Å². The second-order valence-electron chi connectivity index (χ2n) is 6.62. The number of aliphatic carboxylic acids is 1. The van der Waals surface area contributed by atoms with E-state index in [4.69, 9.17) is 0 Å². The monoisotopic (exact) mass is 320 g/mol. The summed E-state index contributed by atoms with van der Waals surface area (Å²) in [5.74, 6) is -1.42. The highest BCUT2D eigenvalue weighted by atomic mass is 16.4. The van der Waals surface area contributed by atoms with Gasteiger partial charge >= 0.3 is 0 Å². The van der Waals surface area contributed by atoms with Gasteiger partial charge in [-0.2, -0.15) is 0 Å². The second kappa shape index (κ2) is 7.57. The van der Waals surface area contributed by atoms with E-state index in [9.17, 15) is 14.7 Å². The highest BCUT2D eigenvalue weighted by Crippen LogP contribution is 2.14. The van der Waals surface area contributed by atoms with Crippen LogP contribution in [0, 0.1) is 13.8 Å². The van der Waals surface area contributed by atoms with E-state index in [0.29, 0.717) is 5.69 Å². The van der Waals surface area contributed by atoms with Crippen LogP contribution in [-0.2, 0) is 9.59 Å². The molecule has 0 saturated carbocycles. The number of amides is 1. The Balaban J connectivity index is 1.99. The van der Waals surface area contributed by atoms with Crippen LogP contribution in [0.4, 0.5) is 5.69 Å². The lowest BCUT2D eigenvalue weighted by molar-refractivity contribution is -1.01. The Morgan fingerprint density at radius 3 is 2.22 bits per heavy atom. The van der Waals surface area contributed by atoms with Gasteiger partial charge in [-0.05, 0) is 37.1 Å². The third kappa shape index (κ3) is 5.04. The van der Waals surface area contributed by atoms with E-state index in [1.165, 1.54) is 4.90 Å². The largest absolute Gasteiger partial charge is 0.544 e. The van der Waals surface area contributed by atoms with Crippen molar-refractivity contribution in [1.82, 2.24) is 0 Å². The Labute approximate surface area is 137 Å². The van der Waals surface area contributed by atoms with Crippen LogP contribution in [-0.4, -0.2) is 51.1 Å². The van der Waals surface area contributed by atoms with E-state index in [2.05, 4.69) is 12.4 Å². The molecule has 1 amide bonds. The number of piperazine rings is 1. The molecule has 0 aliphatic carbocycles. The molecule has 1 aliphatic rings. The van der Waals surface area contributed by atoms with Crippen molar-refractivity contribution in [2.75, 3.05) is 38.5 Å². The van der Waals surface area contributed by atoms with Crippen molar-refractivity contribution >= 4 is 17.6 Å². The molecule has 1 aromatic rings. The third-order valence-electron chi connectivity index (χ3n) is 4.42. The summed E-state index contributed by atoms with van der Waals surface area (Å²) in [4.78, 5) is 26.0. The number of hydrogen-bond acceptors (Lipinski definition) is 3. The summed E-state index contributed by atoms with van der Waals surface area (Å²) in [5, 5.41) is 14.3. The van der Waals surface area contributed by atoms with Gasteiger partial charge in [-0.1, -0.05) is 6.07 Å². The van der Waals surface area contributed by atoms with Crippen molar-refractivity contribution < 1.29 is 24.5 Å². The zero-order valence-electron chi connectivity index (χ0n) is 14.1. The SMILES string of the molecule is Cc1cc(C)cc(NC(=O)C[C@@H](C(=O)[O-])[NH+]2CC[NH+](C)CC2)c1. The Morgan fingerprint density at radius 2 is 1.70 bits per heavy atom. The standard InChI is InChI=1S/C17H25N3O3/c1-12-8-13(2)10-14(9-12)18-16(21)11-15(17(22)23)20-6-4-19(3)5-7-20/h8-10,15H,4-7,11H2,1-3H3,(H,18,21)(H,22,23)/p+1/t15-/m0/s1. The summed E-state index contributed by atoms with van der Waals surface area (Å²) in [6.45, 7) is 7.25. The minimum Gasteiger partial charge on any atom is -0.544 e. The molecule has 1 aliphatic heterocycles. The van der Waals surface area contributed by atoms with Crippen LogP contribution < -0.4 is 20.2 Å². The predicted molar refractivity (Wildman–Crippen MR) is 85.3 cm³/mol. The molecule has 2 rings (SSSR count). The van der Waals surface area contributed by atoms with Gasteiger partial charge in [0.05, 0.1) is 19.4 Å². The van der Waals surface area contributed by atoms with Crippen molar-refractivity contribution in [3.05, 3.63) is 29.3 Å². The van der Waals surface area contributed by atoms with Gasteiger partial charge < -0.3 is 25.0 Å². The van der Waals surface area contributed by atoms with Gasteiger partial charge in [0, 0.05) is 5.69 Å². The van der Waals surface area contributed by atoms with Crippen molar-refractivity contribution in [2.45, 2.75) is 26.3 Å². The summed E-state index contributed by atoms with van der Waals surface area (Å²) < 4.78 is 0. The molecule has 6 nitrogen and oxygen atoms in total. The van der Waals surface area contributed by atoms with Gasteiger partial charge in [-0.15, -0.1) is 0 Å².